The smallest absolute Gasteiger partial charge is 0.289 e. The number of piperazine rings is 1. The molecule has 2 amide bonds. The maximum atomic E-state index is 12.7. The maximum Gasteiger partial charge on any atom is 0.289 e. The predicted molar refractivity (Wildman–Crippen MR) is 82.9 cm³/mol. The normalized spacial score (nSPS) is 17.3. The first-order valence-corrected chi connectivity index (χ1v) is 8.05. The predicted octanol–water partition coefficient (Wildman–Crippen LogP) is 0.857. The Morgan fingerprint density at radius 3 is 2.50 bits per heavy atom. The average molecular weight is 330 g/mol. The van der Waals surface area contributed by atoms with Crippen molar-refractivity contribution >= 4 is 11.8 Å². The molecule has 2 aromatic heterocycles. The van der Waals surface area contributed by atoms with Gasteiger partial charge in [-0.2, -0.15) is 5.10 Å². The van der Waals surface area contributed by atoms with Crippen molar-refractivity contribution in [3.8, 4) is 5.88 Å². The summed E-state index contributed by atoms with van der Waals surface area (Å²) in [5.41, 5.74) is 0.500. The third-order valence-electron chi connectivity index (χ3n) is 4.36. The lowest BCUT2D eigenvalue weighted by Gasteiger charge is -2.34. The van der Waals surface area contributed by atoms with Crippen LogP contribution in [0.15, 0.2) is 29.0 Å². The van der Waals surface area contributed by atoms with Gasteiger partial charge in [0, 0.05) is 39.1 Å². The fourth-order valence-electron chi connectivity index (χ4n) is 3.05. The number of carbonyl (C=O) groups excluding carboxylic acids is 2. The van der Waals surface area contributed by atoms with Gasteiger partial charge in [-0.1, -0.05) is 0 Å². The number of carbonyl (C=O) groups is 2. The molecule has 8 heteroatoms. The molecule has 2 aliphatic heterocycles. The van der Waals surface area contributed by atoms with Gasteiger partial charge in [0.2, 0.25) is 5.88 Å². The van der Waals surface area contributed by atoms with Crippen molar-refractivity contribution in [2.24, 2.45) is 0 Å². The van der Waals surface area contributed by atoms with Crippen LogP contribution in [0.25, 0.3) is 0 Å². The number of amides is 2. The average Bonchev–Trinajstić information content (AvgIpc) is 3.30. The molecule has 4 heterocycles. The van der Waals surface area contributed by atoms with Gasteiger partial charge in [0.25, 0.3) is 11.8 Å². The number of rotatable bonds is 2. The summed E-state index contributed by atoms with van der Waals surface area (Å²) in [5.74, 6) is 0.649. The van der Waals surface area contributed by atoms with Crippen LogP contribution >= 0.6 is 0 Å². The number of furan rings is 1. The van der Waals surface area contributed by atoms with Crippen molar-refractivity contribution in [3.63, 3.8) is 0 Å². The van der Waals surface area contributed by atoms with Gasteiger partial charge in [-0.25, -0.2) is 4.68 Å². The van der Waals surface area contributed by atoms with Crippen LogP contribution in [0.5, 0.6) is 5.88 Å². The summed E-state index contributed by atoms with van der Waals surface area (Å²) < 4.78 is 12.5. The summed E-state index contributed by atoms with van der Waals surface area (Å²) in [4.78, 5) is 28.4. The third kappa shape index (κ3) is 2.53. The summed E-state index contributed by atoms with van der Waals surface area (Å²) in [7, 11) is 0. The van der Waals surface area contributed by atoms with Crippen molar-refractivity contribution in [2.75, 3.05) is 32.8 Å². The number of fused-ring (bicyclic) bond motifs is 1. The van der Waals surface area contributed by atoms with E-state index in [1.54, 1.807) is 32.8 Å². The molecule has 0 bridgehead atoms. The molecule has 4 rings (SSSR count). The highest BCUT2D eigenvalue weighted by Crippen LogP contribution is 2.24. The van der Waals surface area contributed by atoms with Gasteiger partial charge in [-0.15, -0.1) is 0 Å². The number of aromatic nitrogens is 2. The standard InChI is InChI=1S/C16H18N4O4/c21-14(12-11-17-20-4-2-10-24-16(12)20)18-5-7-19(8-6-18)15(22)13-3-1-9-23-13/h1,3,9,11H,2,4-8,10H2. The van der Waals surface area contributed by atoms with Gasteiger partial charge in [-0.3, -0.25) is 9.59 Å². The molecule has 126 valence electrons. The summed E-state index contributed by atoms with van der Waals surface area (Å²) in [6, 6.07) is 3.34. The molecule has 0 N–H and O–H groups in total. The Balaban J connectivity index is 1.41. The largest absolute Gasteiger partial charge is 0.477 e. The third-order valence-corrected chi connectivity index (χ3v) is 4.36. The van der Waals surface area contributed by atoms with E-state index in [0.29, 0.717) is 50.0 Å². The highest BCUT2D eigenvalue weighted by atomic mass is 16.5. The van der Waals surface area contributed by atoms with Gasteiger partial charge < -0.3 is 19.0 Å². The maximum absolute atomic E-state index is 12.7. The Bertz CT molecular complexity index is 744. The fourth-order valence-corrected chi connectivity index (χ4v) is 3.05. The van der Waals surface area contributed by atoms with Crippen LogP contribution in [-0.4, -0.2) is 64.2 Å². The van der Waals surface area contributed by atoms with Crippen molar-refractivity contribution < 1.29 is 18.7 Å². The number of hydrogen-bond donors (Lipinski definition) is 0. The summed E-state index contributed by atoms with van der Waals surface area (Å²) in [6.45, 7) is 3.31. The molecule has 24 heavy (non-hydrogen) atoms. The lowest BCUT2D eigenvalue weighted by Crippen LogP contribution is -2.50. The van der Waals surface area contributed by atoms with E-state index >= 15 is 0 Å². The molecule has 8 nitrogen and oxygen atoms in total. The molecule has 0 spiro atoms. The lowest BCUT2D eigenvalue weighted by atomic mass is 10.2. The van der Waals surface area contributed by atoms with Crippen molar-refractivity contribution in [1.29, 1.82) is 0 Å². The van der Waals surface area contributed by atoms with E-state index in [9.17, 15) is 9.59 Å². The summed E-state index contributed by atoms with van der Waals surface area (Å²) >= 11 is 0. The van der Waals surface area contributed by atoms with Crippen LogP contribution in [0, 0.1) is 0 Å². The molecule has 0 aromatic carbocycles. The summed E-state index contributed by atoms with van der Waals surface area (Å²) in [6.07, 6.45) is 3.95. The number of nitrogens with zero attached hydrogens (tertiary/aromatic N) is 4. The minimum atomic E-state index is -0.140. The van der Waals surface area contributed by atoms with Crippen molar-refractivity contribution in [1.82, 2.24) is 19.6 Å². The highest BCUT2D eigenvalue weighted by Gasteiger charge is 2.30. The Morgan fingerprint density at radius 1 is 1.04 bits per heavy atom. The Labute approximate surface area is 138 Å². The Morgan fingerprint density at radius 2 is 1.79 bits per heavy atom. The van der Waals surface area contributed by atoms with Crippen molar-refractivity contribution in [3.05, 3.63) is 35.9 Å². The van der Waals surface area contributed by atoms with Crippen LogP contribution in [0.3, 0.4) is 0 Å². The molecule has 1 fully saturated rings. The molecule has 0 aliphatic carbocycles. The fraction of sp³-hybridized carbons (Fsp3) is 0.438. The number of ether oxygens (including phenoxy) is 1. The van der Waals surface area contributed by atoms with Crippen LogP contribution in [-0.2, 0) is 6.54 Å². The van der Waals surface area contributed by atoms with Crippen LogP contribution in [0.1, 0.15) is 27.3 Å². The van der Waals surface area contributed by atoms with E-state index in [1.807, 2.05) is 0 Å². The molecule has 1 saturated heterocycles. The highest BCUT2D eigenvalue weighted by molar-refractivity contribution is 5.96. The first-order valence-electron chi connectivity index (χ1n) is 8.05. The van der Waals surface area contributed by atoms with Gasteiger partial charge in [-0.05, 0) is 12.1 Å². The van der Waals surface area contributed by atoms with E-state index < -0.39 is 0 Å². The minimum Gasteiger partial charge on any atom is -0.477 e. The van der Waals surface area contributed by atoms with Crippen LogP contribution in [0.2, 0.25) is 0 Å². The molecule has 2 aromatic rings. The zero-order valence-electron chi connectivity index (χ0n) is 13.2. The van der Waals surface area contributed by atoms with Crippen LogP contribution in [0.4, 0.5) is 0 Å². The van der Waals surface area contributed by atoms with E-state index in [0.717, 1.165) is 13.0 Å². The zero-order chi connectivity index (χ0) is 16.5. The summed E-state index contributed by atoms with van der Waals surface area (Å²) in [5, 5.41) is 4.22. The van der Waals surface area contributed by atoms with Crippen LogP contribution < -0.4 is 4.74 Å². The van der Waals surface area contributed by atoms with Gasteiger partial charge in [0.1, 0.15) is 5.56 Å². The minimum absolute atomic E-state index is 0.0942. The lowest BCUT2D eigenvalue weighted by molar-refractivity contribution is 0.0515. The quantitative estimate of drug-likeness (QED) is 0.816. The van der Waals surface area contributed by atoms with Crippen molar-refractivity contribution in [2.45, 2.75) is 13.0 Å². The van der Waals surface area contributed by atoms with E-state index in [4.69, 9.17) is 9.15 Å². The molecule has 0 atom stereocenters. The van der Waals surface area contributed by atoms with E-state index in [-0.39, 0.29) is 11.8 Å². The molecular formula is C16H18N4O4. The topological polar surface area (TPSA) is 80.8 Å². The van der Waals surface area contributed by atoms with Gasteiger partial charge >= 0.3 is 0 Å². The molecular weight excluding hydrogens is 312 g/mol. The monoisotopic (exact) mass is 330 g/mol. The first-order chi connectivity index (χ1) is 11.7. The second kappa shape index (κ2) is 6.03. The number of hydrogen-bond acceptors (Lipinski definition) is 5. The molecule has 0 radical (unpaired) electrons. The molecule has 0 saturated carbocycles. The Kier molecular flexibility index (Phi) is 3.72. The molecule has 0 unspecified atom stereocenters. The first kappa shape index (κ1) is 14.8. The molecule has 2 aliphatic rings. The second-order valence-corrected chi connectivity index (χ2v) is 5.85. The Hall–Kier alpha value is -2.77. The van der Waals surface area contributed by atoms with Gasteiger partial charge in [0.15, 0.2) is 5.76 Å². The van der Waals surface area contributed by atoms with Gasteiger partial charge in [0.05, 0.1) is 19.1 Å². The van der Waals surface area contributed by atoms with E-state index in [2.05, 4.69) is 5.10 Å². The SMILES string of the molecule is O=C(c1ccco1)N1CCN(C(=O)c2cnn3c2OCCC3)CC1. The zero-order valence-corrected chi connectivity index (χ0v) is 13.2. The second-order valence-electron chi connectivity index (χ2n) is 5.85. The number of aryl methyl sites for hydroxylation is 1. The van der Waals surface area contributed by atoms with E-state index in [1.165, 1.54) is 6.26 Å².